The van der Waals surface area contributed by atoms with E-state index in [0.717, 1.165) is 31.2 Å². The number of benzene rings is 2. The Morgan fingerprint density at radius 1 is 0.821 bits per heavy atom. The number of rotatable bonds is 6. The first kappa shape index (κ1) is 28.0. The lowest BCUT2D eigenvalue weighted by Crippen LogP contribution is -2.37. The second kappa shape index (κ2) is 11.5. The van der Waals surface area contributed by atoms with E-state index < -0.39 is 29.3 Å². The molecule has 0 radical (unpaired) electrons. The minimum absolute atomic E-state index is 0.0842. The zero-order chi connectivity index (χ0) is 27.7. The molecule has 2 fully saturated rings. The lowest BCUT2D eigenvalue weighted by atomic mass is 9.77. The van der Waals surface area contributed by atoms with Crippen molar-refractivity contribution in [2.24, 2.45) is 11.8 Å². The van der Waals surface area contributed by atoms with Gasteiger partial charge in [-0.25, -0.2) is 17.6 Å². The molecule has 2 aromatic carbocycles. The SMILES string of the molecule is CC1COC(C2CCC(c3ccc(C4CC=C(C(F)(F)Oc5cc(F)c(F)c(F)c5)CC4)c(F)c3)CC2)OC1. The molecule has 1 saturated heterocycles. The van der Waals surface area contributed by atoms with Crippen LogP contribution in [0.3, 0.4) is 0 Å². The molecule has 9 heteroatoms. The average Bonchev–Trinajstić information content (AvgIpc) is 2.92. The van der Waals surface area contributed by atoms with Crippen LogP contribution in [0.15, 0.2) is 42.0 Å². The topological polar surface area (TPSA) is 27.7 Å². The van der Waals surface area contributed by atoms with E-state index in [4.69, 9.17) is 9.47 Å². The van der Waals surface area contributed by atoms with Crippen LogP contribution in [0.4, 0.5) is 26.3 Å². The molecule has 0 aromatic heterocycles. The maximum Gasteiger partial charge on any atom is 0.422 e. The Balaban J connectivity index is 1.18. The van der Waals surface area contributed by atoms with Crippen LogP contribution in [-0.2, 0) is 9.47 Å². The summed E-state index contributed by atoms with van der Waals surface area (Å²) < 4.78 is 101. The van der Waals surface area contributed by atoms with Gasteiger partial charge in [-0.2, -0.15) is 8.78 Å². The maximum atomic E-state index is 15.2. The van der Waals surface area contributed by atoms with E-state index in [9.17, 15) is 22.0 Å². The normalized spacial score (nSPS) is 28.2. The third kappa shape index (κ3) is 6.30. The quantitative estimate of drug-likeness (QED) is 0.204. The molecule has 1 aliphatic heterocycles. The Morgan fingerprint density at radius 2 is 1.49 bits per heavy atom. The minimum Gasteiger partial charge on any atom is -0.429 e. The summed E-state index contributed by atoms with van der Waals surface area (Å²) in [5.41, 5.74) is 1.06. The van der Waals surface area contributed by atoms with Gasteiger partial charge in [0.1, 0.15) is 11.6 Å². The molecule has 3 aliphatic rings. The van der Waals surface area contributed by atoms with Crippen LogP contribution in [0, 0.1) is 35.1 Å². The molecule has 212 valence electrons. The predicted octanol–water partition coefficient (Wildman–Crippen LogP) is 8.39. The average molecular weight is 555 g/mol. The van der Waals surface area contributed by atoms with Crippen LogP contribution >= 0.6 is 0 Å². The highest BCUT2D eigenvalue weighted by Gasteiger charge is 2.39. The van der Waals surface area contributed by atoms with E-state index in [2.05, 4.69) is 11.7 Å². The minimum atomic E-state index is -3.84. The molecule has 1 atom stereocenters. The zero-order valence-corrected chi connectivity index (χ0v) is 21.7. The molecule has 0 bridgehead atoms. The fourth-order valence-corrected chi connectivity index (χ4v) is 5.93. The Hall–Kier alpha value is -2.52. The van der Waals surface area contributed by atoms with Gasteiger partial charge < -0.3 is 14.2 Å². The van der Waals surface area contributed by atoms with Gasteiger partial charge in [0.15, 0.2) is 23.7 Å². The van der Waals surface area contributed by atoms with Crippen LogP contribution in [0.5, 0.6) is 5.75 Å². The molecule has 1 unspecified atom stereocenters. The van der Waals surface area contributed by atoms with Gasteiger partial charge in [0.2, 0.25) is 0 Å². The van der Waals surface area contributed by atoms with Gasteiger partial charge >= 0.3 is 6.11 Å². The van der Waals surface area contributed by atoms with Gasteiger partial charge in [0, 0.05) is 29.5 Å². The third-order valence-corrected chi connectivity index (χ3v) is 8.17. The molecule has 0 amide bonds. The Labute approximate surface area is 224 Å². The molecule has 1 saturated carbocycles. The summed E-state index contributed by atoms with van der Waals surface area (Å²) in [6.45, 7) is 3.53. The van der Waals surface area contributed by atoms with E-state index in [1.54, 1.807) is 12.1 Å². The molecule has 3 nitrogen and oxygen atoms in total. The molecule has 2 aromatic rings. The van der Waals surface area contributed by atoms with Gasteiger partial charge in [-0.05, 0) is 74.0 Å². The van der Waals surface area contributed by atoms with Crippen molar-refractivity contribution < 1.29 is 40.6 Å². The van der Waals surface area contributed by atoms with Crippen molar-refractivity contribution in [1.82, 2.24) is 0 Å². The van der Waals surface area contributed by atoms with Crippen molar-refractivity contribution in [2.75, 3.05) is 13.2 Å². The molecule has 39 heavy (non-hydrogen) atoms. The molecule has 1 heterocycles. The highest BCUT2D eigenvalue weighted by Crippen LogP contribution is 2.42. The fourth-order valence-electron chi connectivity index (χ4n) is 5.93. The summed E-state index contributed by atoms with van der Waals surface area (Å²) in [4.78, 5) is 0. The van der Waals surface area contributed by atoms with E-state index in [-0.39, 0.29) is 48.8 Å². The number of ether oxygens (including phenoxy) is 3. The van der Waals surface area contributed by atoms with Crippen molar-refractivity contribution >= 4 is 0 Å². The first-order chi connectivity index (χ1) is 18.6. The van der Waals surface area contributed by atoms with Gasteiger partial charge in [0.05, 0.1) is 13.2 Å². The van der Waals surface area contributed by atoms with Crippen molar-refractivity contribution in [3.63, 3.8) is 0 Å². The molecule has 5 rings (SSSR count). The molecule has 0 N–H and O–H groups in total. The smallest absolute Gasteiger partial charge is 0.422 e. The van der Waals surface area contributed by atoms with Crippen LogP contribution in [0.1, 0.15) is 74.8 Å². The monoisotopic (exact) mass is 554 g/mol. The maximum absolute atomic E-state index is 15.2. The summed E-state index contributed by atoms with van der Waals surface area (Å²) in [6.07, 6.45) is 1.40. The number of alkyl halides is 2. The Morgan fingerprint density at radius 3 is 2.08 bits per heavy atom. The van der Waals surface area contributed by atoms with E-state index in [1.165, 1.54) is 6.08 Å². The van der Waals surface area contributed by atoms with Crippen LogP contribution < -0.4 is 4.74 Å². The van der Waals surface area contributed by atoms with Gasteiger partial charge in [-0.1, -0.05) is 25.1 Å². The van der Waals surface area contributed by atoms with Crippen molar-refractivity contribution in [3.8, 4) is 5.75 Å². The number of allylic oxidation sites excluding steroid dienone is 1. The lowest BCUT2D eigenvalue weighted by Gasteiger charge is -2.37. The van der Waals surface area contributed by atoms with Gasteiger partial charge in [-0.3, -0.25) is 0 Å². The predicted molar refractivity (Wildman–Crippen MR) is 133 cm³/mol. The van der Waals surface area contributed by atoms with E-state index in [1.807, 2.05) is 6.07 Å². The van der Waals surface area contributed by atoms with Crippen molar-refractivity contribution in [1.29, 1.82) is 0 Å². The first-order valence-corrected chi connectivity index (χ1v) is 13.5. The largest absolute Gasteiger partial charge is 0.429 e. The van der Waals surface area contributed by atoms with Crippen LogP contribution in [0.2, 0.25) is 0 Å². The molecular weight excluding hydrogens is 522 g/mol. The number of hydrogen-bond acceptors (Lipinski definition) is 3. The highest BCUT2D eigenvalue weighted by atomic mass is 19.3. The summed E-state index contributed by atoms with van der Waals surface area (Å²) in [6, 6.07) is 6.02. The van der Waals surface area contributed by atoms with Gasteiger partial charge in [0.25, 0.3) is 0 Å². The number of hydrogen-bond donors (Lipinski definition) is 0. The fraction of sp³-hybridized carbons (Fsp3) is 0.533. The lowest BCUT2D eigenvalue weighted by molar-refractivity contribution is -0.226. The van der Waals surface area contributed by atoms with E-state index >= 15 is 4.39 Å². The first-order valence-electron chi connectivity index (χ1n) is 13.5. The summed E-state index contributed by atoms with van der Waals surface area (Å²) >= 11 is 0. The molecule has 2 aliphatic carbocycles. The van der Waals surface area contributed by atoms with Crippen molar-refractivity contribution in [3.05, 3.63) is 76.4 Å². The van der Waals surface area contributed by atoms with Gasteiger partial charge in [-0.15, -0.1) is 0 Å². The Kier molecular flexibility index (Phi) is 8.29. The number of halogens is 6. The molecular formula is C30H32F6O3. The highest BCUT2D eigenvalue weighted by molar-refractivity contribution is 5.32. The standard InChI is InChI=1S/C30H32F6O3/c1-17-15-37-29(38-16-17)20-4-2-18(3-5-20)21-8-11-24(25(31)12-21)19-6-9-22(10-7-19)30(35,36)39-23-13-26(32)28(34)27(33)14-23/h8-9,11-14,17-20,29H,2-7,10,15-16H2,1H3. The second-order valence-electron chi connectivity index (χ2n) is 11.1. The van der Waals surface area contributed by atoms with Crippen LogP contribution in [0.25, 0.3) is 0 Å². The second-order valence-corrected chi connectivity index (χ2v) is 11.1. The van der Waals surface area contributed by atoms with Crippen LogP contribution in [-0.4, -0.2) is 25.6 Å². The third-order valence-electron chi connectivity index (χ3n) is 8.17. The Bertz CT molecular complexity index is 1180. The summed E-state index contributed by atoms with van der Waals surface area (Å²) in [7, 11) is 0. The van der Waals surface area contributed by atoms with E-state index in [0.29, 0.717) is 42.7 Å². The summed E-state index contributed by atoms with van der Waals surface area (Å²) in [5, 5.41) is 0. The summed E-state index contributed by atoms with van der Waals surface area (Å²) in [5.74, 6) is -5.42. The van der Waals surface area contributed by atoms with Crippen molar-refractivity contribution in [2.45, 2.75) is 76.1 Å². The molecule has 0 spiro atoms. The zero-order valence-electron chi connectivity index (χ0n) is 21.7.